The summed E-state index contributed by atoms with van der Waals surface area (Å²) in [6.45, 7) is 15.6. The number of ether oxygens (including phenoxy) is 14. The van der Waals surface area contributed by atoms with E-state index in [9.17, 15) is 97.0 Å². The number of carbonyl (C=O) groups is 1. The van der Waals surface area contributed by atoms with Gasteiger partial charge in [-0.25, -0.2) is 0 Å². The highest BCUT2D eigenvalue weighted by Gasteiger charge is 2.71. The molecule has 0 spiro atoms. The molecule has 0 aromatic heterocycles. The lowest BCUT2D eigenvalue weighted by atomic mass is 9.33. The standard InChI is InChI=1S/C70H114O34/c1-26-38(74)44(80)49(85)59(94-26)101-54-32(22-72)97-57(52(88)47(54)83)92-24-33-42(78)46(82)51(87)61(99-33)104-64(90)70-18-16-65(3,4)20-29(70)28-10-11-36-67(7)14-13-37(66(5,6)35(67)12-15-69(36,9)68(28,8)17-19-70)100-63-56(40(76)30(73)23-91-63)103-62-53(89)55(39(75)27(2)95-62)102-58-48(84)43(79)34(25-93-58)98-60-50(86)45(81)41(77)31(21-71)96-60/h10,26-27,29-63,71-89H,11-25H2,1-9H3/t26-,27-,29-,30+,31+,32+,33+,34+,35?,36?,37-,38-,39-,40-,41+,42+,43-,44+,45-,46-,47+,48+,49+,50+,51+,52+,53+,54+,55+,56+,57+,58-,59-,60-,61-,62-,63-,67-,68+,69+,70-/m0/s1. The molecule has 12 rings (SSSR count). The number of hydrogen-bond acceptors (Lipinski definition) is 34. The second-order valence-corrected chi connectivity index (χ2v) is 33.8. The van der Waals surface area contributed by atoms with E-state index >= 15 is 4.79 Å². The van der Waals surface area contributed by atoms with Gasteiger partial charge in [0.25, 0.3) is 0 Å². The number of aliphatic hydroxyl groups is 19. The van der Waals surface area contributed by atoms with Gasteiger partial charge in [-0.15, -0.1) is 0 Å². The molecule has 0 aromatic rings. The third-order valence-corrected chi connectivity index (χ3v) is 26.9. The fourth-order valence-corrected chi connectivity index (χ4v) is 20.2. The molecule has 7 aliphatic heterocycles. The van der Waals surface area contributed by atoms with Gasteiger partial charge in [0, 0.05) is 0 Å². The molecule has 41 atom stereocenters. The molecule has 0 aromatic carbocycles. The van der Waals surface area contributed by atoms with Crippen LogP contribution in [0.25, 0.3) is 0 Å². The summed E-state index contributed by atoms with van der Waals surface area (Å²) in [6.07, 6.45) is -45.9. The van der Waals surface area contributed by atoms with Crippen LogP contribution in [0.2, 0.25) is 0 Å². The summed E-state index contributed by atoms with van der Waals surface area (Å²) >= 11 is 0. The van der Waals surface area contributed by atoms with Gasteiger partial charge in [0.05, 0.1) is 56.8 Å². The molecule has 0 radical (unpaired) electrons. The van der Waals surface area contributed by atoms with Gasteiger partial charge < -0.3 is 163 Å². The highest BCUT2D eigenvalue weighted by molar-refractivity contribution is 5.79. The van der Waals surface area contributed by atoms with Crippen molar-refractivity contribution in [3.63, 3.8) is 0 Å². The summed E-state index contributed by atoms with van der Waals surface area (Å²) in [5.41, 5.74) is -1.63. The second-order valence-electron chi connectivity index (χ2n) is 33.8. The predicted octanol–water partition coefficient (Wildman–Crippen LogP) is -5.23. The fraction of sp³-hybridized carbons (Fsp3) is 0.957. The Hall–Kier alpha value is -2.07. The van der Waals surface area contributed by atoms with Crippen LogP contribution in [0.15, 0.2) is 11.6 Å². The summed E-state index contributed by atoms with van der Waals surface area (Å²) in [6, 6.07) is 0. The van der Waals surface area contributed by atoms with E-state index in [1.54, 1.807) is 0 Å². The van der Waals surface area contributed by atoms with Crippen LogP contribution in [0.5, 0.6) is 0 Å². The molecule has 0 amide bonds. The number of fused-ring (bicyclic) bond motifs is 7. The molecule has 104 heavy (non-hydrogen) atoms. The topological polar surface area (TPSA) is 531 Å². The monoisotopic (exact) mass is 1500 g/mol. The van der Waals surface area contributed by atoms with Gasteiger partial charge in [0.1, 0.15) is 146 Å². The molecular formula is C70H114O34. The van der Waals surface area contributed by atoms with Gasteiger partial charge in [0.15, 0.2) is 37.7 Å². The molecule has 34 nitrogen and oxygen atoms in total. The zero-order chi connectivity index (χ0) is 75.7. The van der Waals surface area contributed by atoms with Crippen LogP contribution < -0.4 is 0 Å². The molecule has 0 bridgehead atoms. The Morgan fingerprint density at radius 2 is 1.01 bits per heavy atom. The highest BCUT2D eigenvalue weighted by atomic mass is 16.8. The van der Waals surface area contributed by atoms with Crippen LogP contribution in [-0.2, 0) is 71.1 Å². The Kier molecular flexibility index (Phi) is 24.1. The van der Waals surface area contributed by atoms with Crippen molar-refractivity contribution in [2.24, 2.45) is 50.2 Å². The van der Waals surface area contributed by atoms with E-state index in [-0.39, 0.29) is 40.6 Å². The maximum absolute atomic E-state index is 15.4. The lowest BCUT2D eigenvalue weighted by Gasteiger charge is -2.71. The van der Waals surface area contributed by atoms with Crippen LogP contribution in [0.1, 0.15) is 127 Å². The average molecular weight is 1500 g/mol. The van der Waals surface area contributed by atoms with Crippen molar-refractivity contribution in [2.75, 3.05) is 33.0 Å². The minimum Gasteiger partial charge on any atom is -0.432 e. The van der Waals surface area contributed by atoms with Gasteiger partial charge in [0.2, 0.25) is 6.29 Å². The lowest BCUT2D eigenvalue weighted by Crippen LogP contribution is -2.66. The third-order valence-electron chi connectivity index (χ3n) is 26.9. The number of aliphatic hydroxyl groups excluding tert-OH is 19. The summed E-state index contributed by atoms with van der Waals surface area (Å²) in [4.78, 5) is 15.4. The van der Waals surface area contributed by atoms with Crippen LogP contribution in [-0.4, -0.2) is 345 Å². The van der Waals surface area contributed by atoms with E-state index in [1.165, 1.54) is 19.4 Å². The normalized spacial score (nSPS) is 54.7. The van der Waals surface area contributed by atoms with E-state index in [1.807, 2.05) is 0 Å². The maximum atomic E-state index is 15.4. The largest absolute Gasteiger partial charge is 0.432 e. The van der Waals surface area contributed by atoms with Crippen LogP contribution in [0, 0.1) is 50.2 Å². The van der Waals surface area contributed by atoms with E-state index in [0.29, 0.717) is 44.9 Å². The fourth-order valence-electron chi connectivity index (χ4n) is 20.2. The Bertz CT molecular complexity index is 2950. The first kappa shape index (κ1) is 81.4. The Labute approximate surface area is 602 Å². The van der Waals surface area contributed by atoms with Crippen molar-refractivity contribution in [3.8, 4) is 0 Å². The average Bonchev–Trinajstić information content (AvgIpc) is 0.675. The summed E-state index contributed by atoms with van der Waals surface area (Å²) < 4.78 is 83.2. The van der Waals surface area contributed by atoms with Gasteiger partial charge in [-0.2, -0.15) is 0 Å². The van der Waals surface area contributed by atoms with E-state index < -0.39 is 257 Å². The lowest BCUT2D eigenvalue weighted by molar-refractivity contribution is -0.382. The molecule has 7 heterocycles. The van der Waals surface area contributed by atoms with Crippen molar-refractivity contribution in [2.45, 2.75) is 335 Å². The van der Waals surface area contributed by atoms with Gasteiger partial charge in [-0.05, 0) is 123 Å². The quantitative estimate of drug-likeness (QED) is 0.0368. The number of esters is 1. The molecular weight excluding hydrogens is 1380 g/mol. The number of carbonyl (C=O) groups excluding carboxylic acids is 1. The maximum Gasteiger partial charge on any atom is 0.315 e. The molecule has 19 N–H and O–H groups in total. The third kappa shape index (κ3) is 14.3. The molecule has 2 unspecified atom stereocenters. The van der Waals surface area contributed by atoms with E-state index in [4.69, 9.17) is 66.3 Å². The van der Waals surface area contributed by atoms with Crippen LogP contribution >= 0.6 is 0 Å². The predicted molar refractivity (Wildman–Crippen MR) is 346 cm³/mol. The molecule has 12 aliphatic rings. The molecule has 5 aliphatic carbocycles. The van der Waals surface area contributed by atoms with Crippen molar-refractivity contribution >= 4 is 5.97 Å². The van der Waals surface area contributed by atoms with Gasteiger partial charge >= 0.3 is 5.97 Å². The zero-order valence-corrected chi connectivity index (χ0v) is 60.2. The molecule has 4 saturated carbocycles. The van der Waals surface area contributed by atoms with Crippen molar-refractivity contribution < 1.29 is 168 Å². The number of hydrogen-bond donors (Lipinski definition) is 19. The van der Waals surface area contributed by atoms with Crippen molar-refractivity contribution in [1.29, 1.82) is 0 Å². The Morgan fingerprint density at radius 3 is 1.68 bits per heavy atom. The smallest absolute Gasteiger partial charge is 0.315 e. The van der Waals surface area contributed by atoms with Crippen LogP contribution in [0.4, 0.5) is 0 Å². The highest BCUT2D eigenvalue weighted by Crippen LogP contribution is 2.76. The zero-order valence-electron chi connectivity index (χ0n) is 60.2. The summed E-state index contributed by atoms with van der Waals surface area (Å²) in [5.74, 6) is -0.720. The summed E-state index contributed by atoms with van der Waals surface area (Å²) in [5, 5.41) is 207. The van der Waals surface area contributed by atoms with E-state index in [2.05, 4.69) is 54.5 Å². The second kappa shape index (κ2) is 30.8. The first-order chi connectivity index (χ1) is 48.8. The first-order valence-corrected chi connectivity index (χ1v) is 36.9. The SMILES string of the molecule is C[C@@H]1O[C@@H](O[C@H]2[C@H](O)[C@@H](O)[C@H](OC[C@H]3O[C@@H](OC(=O)[C@]45CCC(C)(C)C[C@H]4C4=CCC6[C@@]7(C)CC[C@H](O[C@@H]8OC[C@@H](O)[C@H](O)[C@H]8O[C@@H]8O[C@@H](C)[C@H](O)[C@@H](O[C@@H]9OC[C@@H](O[C@@H]%10O[C@H](CO)[C@@H](O)[C@H](O)[C@H]%10O)[C@H](O)[C@H]9O)[C@H]8O)C(C)(C)C7CC[C@@]6(C)[C@]4(C)CC5)[C@H](O)[C@@H](O)[C@@H]3O)O[C@@H]2CO)[C@H](O)[C@H](O)[C@H]1O. The molecule has 11 fully saturated rings. The van der Waals surface area contributed by atoms with Crippen molar-refractivity contribution in [3.05, 3.63) is 11.6 Å². The minimum absolute atomic E-state index is 0.0702. The Morgan fingerprint density at radius 1 is 0.462 bits per heavy atom. The van der Waals surface area contributed by atoms with E-state index in [0.717, 1.165) is 19.3 Å². The Balaban J connectivity index is 0.696. The minimum atomic E-state index is -1.92. The van der Waals surface area contributed by atoms with Crippen molar-refractivity contribution in [1.82, 2.24) is 0 Å². The molecule has 598 valence electrons. The van der Waals surface area contributed by atoms with Crippen LogP contribution in [0.3, 0.4) is 0 Å². The summed E-state index contributed by atoms with van der Waals surface area (Å²) in [7, 11) is 0. The number of allylic oxidation sites excluding steroid dienone is 2. The molecule has 34 heteroatoms. The first-order valence-electron chi connectivity index (χ1n) is 36.9. The van der Waals surface area contributed by atoms with Gasteiger partial charge in [-0.3, -0.25) is 4.79 Å². The van der Waals surface area contributed by atoms with Gasteiger partial charge in [-0.1, -0.05) is 60.1 Å². The number of rotatable bonds is 17. The molecule has 7 saturated heterocycles.